The molecule has 0 bridgehead atoms. The molecule has 0 aromatic carbocycles. The zero-order valence-corrected chi connectivity index (χ0v) is 12.4. The fourth-order valence-electron chi connectivity index (χ4n) is 1.97. The monoisotopic (exact) mass is 306 g/mol. The van der Waals surface area contributed by atoms with Crippen LogP contribution in [0, 0.1) is 16.0 Å². The molecule has 0 spiro atoms. The first kappa shape index (κ1) is 15.2. The second-order valence-corrected chi connectivity index (χ2v) is 5.27. The molecule has 0 aliphatic carbocycles. The smallest absolute Gasteiger partial charge is 0.311 e. The summed E-state index contributed by atoms with van der Waals surface area (Å²) < 4.78 is 0. The average molecular weight is 307 g/mol. The molecule has 110 valence electrons. The molecule has 2 aromatic rings. The molecule has 0 amide bonds. The van der Waals surface area contributed by atoms with Crippen LogP contribution < -0.4 is 5.32 Å². The van der Waals surface area contributed by atoms with Crippen molar-refractivity contribution in [2.45, 2.75) is 19.9 Å². The molecule has 0 fully saturated rings. The van der Waals surface area contributed by atoms with Gasteiger partial charge in [-0.1, -0.05) is 31.5 Å². The highest BCUT2D eigenvalue weighted by Crippen LogP contribution is 2.30. The lowest BCUT2D eigenvalue weighted by Gasteiger charge is -2.22. The largest absolute Gasteiger partial charge is 0.356 e. The van der Waals surface area contributed by atoms with Crippen LogP contribution in [-0.2, 0) is 0 Å². The summed E-state index contributed by atoms with van der Waals surface area (Å²) in [6, 6.07) is 8.11. The Bertz CT molecular complexity index is 634. The number of nitrogens with zero attached hydrogens (tertiary/aromatic N) is 3. The summed E-state index contributed by atoms with van der Waals surface area (Å²) in [5.74, 6) is 0.317. The van der Waals surface area contributed by atoms with Crippen molar-refractivity contribution in [2.24, 2.45) is 5.92 Å². The van der Waals surface area contributed by atoms with Gasteiger partial charge in [-0.05, 0) is 24.1 Å². The Morgan fingerprint density at radius 1 is 1.29 bits per heavy atom. The van der Waals surface area contributed by atoms with Crippen molar-refractivity contribution < 1.29 is 4.92 Å². The lowest BCUT2D eigenvalue weighted by Crippen LogP contribution is -2.19. The molecule has 21 heavy (non-hydrogen) atoms. The molecule has 0 saturated heterocycles. The van der Waals surface area contributed by atoms with E-state index < -0.39 is 4.92 Å². The van der Waals surface area contributed by atoms with Gasteiger partial charge in [0.15, 0.2) is 0 Å². The summed E-state index contributed by atoms with van der Waals surface area (Å²) >= 11 is 5.84. The Morgan fingerprint density at radius 2 is 2.05 bits per heavy atom. The predicted octanol–water partition coefficient (Wildman–Crippen LogP) is 3.85. The molecule has 1 N–H and O–H groups in total. The molecule has 7 heteroatoms. The van der Waals surface area contributed by atoms with E-state index in [0.717, 1.165) is 5.69 Å². The van der Waals surface area contributed by atoms with Crippen LogP contribution in [0.2, 0.25) is 5.15 Å². The quantitative estimate of drug-likeness (QED) is 0.515. The summed E-state index contributed by atoms with van der Waals surface area (Å²) in [5.41, 5.74) is 0.685. The molecule has 6 nitrogen and oxygen atoms in total. The molecule has 0 radical (unpaired) electrons. The summed E-state index contributed by atoms with van der Waals surface area (Å²) in [4.78, 5) is 18.9. The van der Waals surface area contributed by atoms with Gasteiger partial charge in [-0.25, -0.2) is 4.98 Å². The van der Waals surface area contributed by atoms with Gasteiger partial charge < -0.3 is 5.32 Å². The minimum atomic E-state index is -0.485. The maximum atomic E-state index is 11.1. The van der Waals surface area contributed by atoms with Crippen LogP contribution in [0.1, 0.15) is 25.6 Å². The lowest BCUT2D eigenvalue weighted by molar-refractivity contribution is -0.384. The van der Waals surface area contributed by atoms with Gasteiger partial charge >= 0.3 is 5.69 Å². The van der Waals surface area contributed by atoms with Gasteiger partial charge in [-0.15, -0.1) is 0 Å². The normalized spacial score (nSPS) is 12.2. The number of hydrogen-bond acceptors (Lipinski definition) is 5. The minimum absolute atomic E-state index is 0.110. The van der Waals surface area contributed by atoms with Crippen molar-refractivity contribution in [3.8, 4) is 0 Å². The number of anilines is 1. The van der Waals surface area contributed by atoms with E-state index in [1.54, 1.807) is 6.20 Å². The summed E-state index contributed by atoms with van der Waals surface area (Å²) in [7, 11) is 0. The average Bonchev–Trinajstić information content (AvgIpc) is 2.45. The van der Waals surface area contributed by atoms with Crippen LogP contribution in [0.4, 0.5) is 11.5 Å². The number of nitrogens with one attached hydrogen (secondary N) is 1. The Kier molecular flexibility index (Phi) is 4.70. The maximum Gasteiger partial charge on any atom is 0.311 e. The van der Waals surface area contributed by atoms with Gasteiger partial charge in [0.25, 0.3) is 0 Å². The first-order valence-corrected chi connectivity index (χ1v) is 6.85. The van der Waals surface area contributed by atoms with E-state index in [1.165, 1.54) is 12.1 Å². The van der Waals surface area contributed by atoms with Crippen LogP contribution in [-0.4, -0.2) is 14.9 Å². The van der Waals surface area contributed by atoms with Crippen molar-refractivity contribution in [3.05, 3.63) is 57.5 Å². The molecule has 2 aromatic heterocycles. The van der Waals surface area contributed by atoms with Crippen LogP contribution in [0.15, 0.2) is 36.5 Å². The van der Waals surface area contributed by atoms with Gasteiger partial charge in [0.1, 0.15) is 5.15 Å². The molecule has 1 unspecified atom stereocenters. The lowest BCUT2D eigenvalue weighted by atomic mass is 10.0. The molecule has 0 aliphatic rings. The number of nitro groups is 1. The SMILES string of the molecule is CC(C)C(Nc1nc(Cl)ccc1[N+](=O)[O-])c1ccccn1. The summed E-state index contributed by atoms with van der Waals surface area (Å²) in [6.07, 6.45) is 1.69. The van der Waals surface area contributed by atoms with Crippen molar-refractivity contribution in [1.82, 2.24) is 9.97 Å². The van der Waals surface area contributed by atoms with Crippen LogP contribution in [0.25, 0.3) is 0 Å². The molecule has 0 aliphatic heterocycles. The molecular formula is C14H15ClN4O2. The maximum absolute atomic E-state index is 11.1. The van der Waals surface area contributed by atoms with E-state index in [-0.39, 0.29) is 28.6 Å². The first-order valence-electron chi connectivity index (χ1n) is 6.47. The topological polar surface area (TPSA) is 81.0 Å². The van der Waals surface area contributed by atoms with Crippen molar-refractivity contribution >= 4 is 23.1 Å². The van der Waals surface area contributed by atoms with E-state index >= 15 is 0 Å². The first-order chi connectivity index (χ1) is 9.99. The van der Waals surface area contributed by atoms with E-state index in [1.807, 2.05) is 32.0 Å². The second kappa shape index (κ2) is 6.49. The number of halogens is 1. The minimum Gasteiger partial charge on any atom is -0.356 e. The second-order valence-electron chi connectivity index (χ2n) is 4.88. The van der Waals surface area contributed by atoms with E-state index in [4.69, 9.17) is 11.6 Å². The van der Waals surface area contributed by atoms with Crippen molar-refractivity contribution in [3.63, 3.8) is 0 Å². The Hall–Kier alpha value is -2.21. The van der Waals surface area contributed by atoms with Gasteiger partial charge in [0.2, 0.25) is 5.82 Å². The summed E-state index contributed by atoms with van der Waals surface area (Å²) in [6.45, 7) is 4.01. The number of aromatic nitrogens is 2. The fourth-order valence-corrected chi connectivity index (χ4v) is 2.12. The highest BCUT2D eigenvalue weighted by atomic mass is 35.5. The Labute approximate surface area is 127 Å². The highest BCUT2D eigenvalue weighted by Gasteiger charge is 2.23. The molecule has 0 saturated carbocycles. The molecule has 2 heterocycles. The van der Waals surface area contributed by atoms with E-state index in [0.29, 0.717) is 0 Å². The number of rotatable bonds is 5. The molecular weight excluding hydrogens is 292 g/mol. The number of pyridine rings is 2. The highest BCUT2D eigenvalue weighted by molar-refractivity contribution is 6.29. The third kappa shape index (κ3) is 3.66. The van der Waals surface area contributed by atoms with Crippen molar-refractivity contribution in [2.75, 3.05) is 5.32 Å². The standard InChI is InChI=1S/C14H15ClN4O2/c1-9(2)13(10-5-3-4-8-16-10)18-14-11(19(20)21)6-7-12(15)17-14/h3-9,13H,1-2H3,(H,17,18). The fraction of sp³-hybridized carbons (Fsp3) is 0.286. The zero-order valence-electron chi connectivity index (χ0n) is 11.7. The Morgan fingerprint density at radius 3 is 2.62 bits per heavy atom. The Balaban J connectivity index is 2.38. The zero-order chi connectivity index (χ0) is 15.4. The number of hydrogen-bond donors (Lipinski definition) is 1. The van der Waals surface area contributed by atoms with Gasteiger partial charge in [0, 0.05) is 12.3 Å². The van der Waals surface area contributed by atoms with Crippen molar-refractivity contribution in [1.29, 1.82) is 0 Å². The summed E-state index contributed by atoms with van der Waals surface area (Å²) in [5, 5.41) is 14.4. The van der Waals surface area contributed by atoms with Gasteiger partial charge in [-0.3, -0.25) is 15.1 Å². The van der Waals surface area contributed by atoms with E-state index in [2.05, 4.69) is 15.3 Å². The molecule has 1 atom stereocenters. The molecule has 2 rings (SSSR count). The van der Waals surface area contributed by atoms with Crippen LogP contribution in [0.3, 0.4) is 0 Å². The van der Waals surface area contributed by atoms with Gasteiger partial charge in [0.05, 0.1) is 16.7 Å². The van der Waals surface area contributed by atoms with Gasteiger partial charge in [-0.2, -0.15) is 0 Å². The van der Waals surface area contributed by atoms with Crippen LogP contribution >= 0.6 is 11.6 Å². The third-order valence-corrected chi connectivity index (χ3v) is 3.21. The predicted molar refractivity (Wildman–Crippen MR) is 81.3 cm³/mol. The third-order valence-electron chi connectivity index (χ3n) is 3.00. The van der Waals surface area contributed by atoms with Crippen LogP contribution in [0.5, 0.6) is 0 Å². The van der Waals surface area contributed by atoms with E-state index in [9.17, 15) is 10.1 Å².